The molecular weight excluding hydrogens is 374 g/mol. The normalized spacial score (nSPS) is 15.1. The van der Waals surface area contributed by atoms with Gasteiger partial charge in [0.05, 0.1) is 15.9 Å². The van der Waals surface area contributed by atoms with Crippen LogP contribution in [0.25, 0.3) is 10.2 Å². The van der Waals surface area contributed by atoms with Crippen LogP contribution in [0.2, 0.25) is 0 Å². The summed E-state index contributed by atoms with van der Waals surface area (Å²) in [7, 11) is 1.89. The zero-order chi connectivity index (χ0) is 20.0. The van der Waals surface area contributed by atoms with Crippen molar-refractivity contribution in [2.45, 2.75) is 26.7 Å². The van der Waals surface area contributed by atoms with Crippen LogP contribution in [0.15, 0.2) is 41.4 Å². The standard InChI is InChI=1S/C21H19N3O3S/c1-12-9-16-17(10-13(12)2)28-21(23(16)3)22-20(27)14-5-4-6-15(11-14)24-18(25)7-8-19(24)26/h4-6,9-11H,7-8H2,1-3H3. The van der Waals surface area contributed by atoms with Crippen molar-refractivity contribution in [3.63, 3.8) is 0 Å². The van der Waals surface area contributed by atoms with Crippen LogP contribution in [0.1, 0.15) is 34.3 Å². The largest absolute Gasteiger partial charge is 0.319 e. The molecule has 3 amide bonds. The molecule has 1 aliphatic heterocycles. The highest BCUT2D eigenvalue weighted by Gasteiger charge is 2.30. The van der Waals surface area contributed by atoms with Crippen molar-refractivity contribution >= 4 is 45.0 Å². The van der Waals surface area contributed by atoms with Gasteiger partial charge in [0, 0.05) is 25.5 Å². The van der Waals surface area contributed by atoms with E-state index in [2.05, 4.69) is 31.0 Å². The van der Waals surface area contributed by atoms with Crippen LogP contribution in [0, 0.1) is 13.8 Å². The molecule has 28 heavy (non-hydrogen) atoms. The summed E-state index contributed by atoms with van der Waals surface area (Å²) < 4.78 is 2.97. The molecule has 1 fully saturated rings. The number of aryl methyl sites for hydroxylation is 3. The van der Waals surface area contributed by atoms with Gasteiger partial charge in [0.2, 0.25) is 11.8 Å². The molecule has 0 bridgehead atoms. The zero-order valence-corrected chi connectivity index (χ0v) is 16.7. The summed E-state index contributed by atoms with van der Waals surface area (Å²) in [5.41, 5.74) is 4.17. The molecule has 4 rings (SSSR count). The Bertz CT molecular complexity index is 1200. The molecular formula is C21H19N3O3S. The first-order chi connectivity index (χ1) is 13.3. The third-order valence-electron chi connectivity index (χ3n) is 5.02. The van der Waals surface area contributed by atoms with Gasteiger partial charge in [-0.2, -0.15) is 4.99 Å². The van der Waals surface area contributed by atoms with Gasteiger partial charge in [-0.05, 0) is 55.3 Å². The number of benzene rings is 2. The van der Waals surface area contributed by atoms with Gasteiger partial charge in [-0.25, -0.2) is 0 Å². The number of carbonyl (C=O) groups is 3. The van der Waals surface area contributed by atoms with Gasteiger partial charge in [0.15, 0.2) is 4.80 Å². The number of fused-ring (bicyclic) bond motifs is 1. The Morgan fingerprint density at radius 1 is 1.04 bits per heavy atom. The molecule has 142 valence electrons. The minimum atomic E-state index is -0.406. The monoisotopic (exact) mass is 393 g/mol. The van der Waals surface area contributed by atoms with Gasteiger partial charge in [-0.15, -0.1) is 0 Å². The fraction of sp³-hybridized carbons (Fsp3) is 0.238. The molecule has 2 heterocycles. The molecule has 2 aromatic carbocycles. The summed E-state index contributed by atoms with van der Waals surface area (Å²) in [6.07, 6.45) is 0.412. The topological polar surface area (TPSA) is 71.7 Å². The number of nitrogens with zero attached hydrogens (tertiary/aromatic N) is 3. The second-order valence-corrected chi connectivity index (χ2v) is 7.95. The Kier molecular flexibility index (Phi) is 4.47. The number of amides is 3. The van der Waals surface area contributed by atoms with Crippen molar-refractivity contribution in [2.75, 3.05) is 4.90 Å². The predicted octanol–water partition coefficient (Wildman–Crippen LogP) is 3.25. The van der Waals surface area contributed by atoms with Crippen LogP contribution in [0.4, 0.5) is 5.69 Å². The Morgan fingerprint density at radius 3 is 2.43 bits per heavy atom. The van der Waals surface area contributed by atoms with E-state index in [0.29, 0.717) is 16.1 Å². The van der Waals surface area contributed by atoms with Crippen LogP contribution in [0.3, 0.4) is 0 Å². The summed E-state index contributed by atoms with van der Waals surface area (Å²) in [6.45, 7) is 4.11. The molecule has 1 aliphatic rings. The predicted molar refractivity (Wildman–Crippen MR) is 108 cm³/mol. The van der Waals surface area contributed by atoms with E-state index >= 15 is 0 Å². The number of aromatic nitrogens is 1. The third-order valence-corrected chi connectivity index (χ3v) is 6.12. The average Bonchev–Trinajstić information content (AvgIpc) is 3.15. The van der Waals surface area contributed by atoms with Gasteiger partial charge in [-0.1, -0.05) is 17.4 Å². The van der Waals surface area contributed by atoms with Crippen LogP contribution in [0.5, 0.6) is 0 Å². The van der Waals surface area contributed by atoms with E-state index in [4.69, 9.17) is 0 Å². The van der Waals surface area contributed by atoms with Crippen molar-refractivity contribution in [2.24, 2.45) is 12.0 Å². The molecule has 0 aliphatic carbocycles. The quantitative estimate of drug-likeness (QED) is 0.628. The summed E-state index contributed by atoms with van der Waals surface area (Å²) in [6, 6.07) is 10.7. The lowest BCUT2D eigenvalue weighted by atomic mass is 10.1. The van der Waals surface area contributed by atoms with Crippen molar-refractivity contribution in [1.82, 2.24) is 4.57 Å². The van der Waals surface area contributed by atoms with Crippen LogP contribution in [-0.2, 0) is 16.6 Å². The van der Waals surface area contributed by atoms with Crippen LogP contribution < -0.4 is 9.70 Å². The number of anilines is 1. The number of thiazole rings is 1. The molecule has 1 saturated heterocycles. The first-order valence-electron chi connectivity index (χ1n) is 8.97. The minimum Gasteiger partial charge on any atom is -0.319 e. The van der Waals surface area contributed by atoms with E-state index in [-0.39, 0.29) is 24.7 Å². The lowest BCUT2D eigenvalue weighted by molar-refractivity contribution is -0.121. The number of hydrogen-bond acceptors (Lipinski definition) is 4. The van der Waals surface area contributed by atoms with E-state index in [1.165, 1.54) is 22.5 Å². The Balaban J connectivity index is 1.74. The molecule has 6 nitrogen and oxygen atoms in total. The van der Waals surface area contributed by atoms with Crippen molar-refractivity contribution in [1.29, 1.82) is 0 Å². The van der Waals surface area contributed by atoms with Crippen molar-refractivity contribution in [3.05, 3.63) is 57.9 Å². The Labute approximate surface area is 165 Å². The third kappa shape index (κ3) is 3.07. The average molecular weight is 393 g/mol. The maximum Gasteiger partial charge on any atom is 0.279 e. The van der Waals surface area contributed by atoms with Crippen molar-refractivity contribution in [3.8, 4) is 0 Å². The molecule has 0 N–H and O–H groups in total. The summed E-state index contributed by atoms with van der Waals surface area (Å²) in [5.74, 6) is -0.891. The lowest BCUT2D eigenvalue weighted by Crippen LogP contribution is -2.28. The van der Waals surface area contributed by atoms with Gasteiger partial charge >= 0.3 is 0 Å². The molecule has 0 unspecified atom stereocenters. The van der Waals surface area contributed by atoms with E-state index < -0.39 is 5.91 Å². The van der Waals surface area contributed by atoms with E-state index in [1.807, 2.05) is 11.6 Å². The van der Waals surface area contributed by atoms with E-state index in [0.717, 1.165) is 15.1 Å². The van der Waals surface area contributed by atoms with Crippen LogP contribution in [-0.4, -0.2) is 22.3 Å². The molecule has 0 radical (unpaired) electrons. The molecule has 0 atom stereocenters. The molecule has 3 aromatic rings. The number of hydrogen-bond donors (Lipinski definition) is 0. The number of imide groups is 1. The second kappa shape index (κ2) is 6.83. The Morgan fingerprint density at radius 2 is 1.71 bits per heavy atom. The second-order valence-electron chi connectivity index (χ2n) is 6.94. The smallest absolute Gasteiger partial charge is 0.279 e. The number of rotatable bonds is 2. The van der Waals surface area contributed by atoms with E-state index in [9.17, 15) is 14.4 Å². The first-order valence-corrected chi connectivity index (χ1v) is 9.78. The molecule has 0 saturated carbocycles. The van der Waals surface area contributed by atoms with Gasteiger partial charge in [0.1, 0.15) is 0 Å². The highest BCUT2D eigenvalue weighted by atomic mass is 32.1. The molecule has 7 heteroatoms. The first kappa shape index (κ1) is 18.3. The molecule has 1 aromatic heterocycles. The number of carbonyl (C=O) groups excluding carboxylic acids is 3. The SMILES string of the molecule is Cc1cc2sc(=NC(=O)c3cccc(N4C(=O)CCC4=O)c3)n(C)c2cc1C. The van der Waals surface area contributed by atoms with Crippen molar-refractivity contribution < 1.29 is 14.4 Å². The minimum absolute atomic E-state index is 0.206. The van der Waals surface area contributed by atoms with Gasteiger partial charge in [0.25, 0.3) is 5.91 Å². The highest BCUT2D eigenvalue weighted by molar-refractivity contribution is 7.16. The van der Waals surface area contributed by atoms with Crippen LogP contribution >= 0.6 is 11.3 Å². The van der Waals surface area contributed by atoms with Gasteiger partial charge < -0.3 is 4.57 Å². The fourth-order valence-corrected chi connectivity index (χ4v) is 4.38. The highest BCUT2D eigenvalue weighted by Crippen LogP contribution is 2.24. The summed E-state index contributed by atoms with van der Waals surface area (Å²) in [5, 5.41) is 0. The summed E-state index contributed by atoms with van der Waals surface area (Å²) in [4.78, 5) is 42.7. The molecule has 0 spiro atoms. The van der Waals surface area contributed by atoms with E-state index in [1.54, 1.807) is 24.3 Å². The van der Waals surface area contributed by atoms with Gasteiger partial charge in [-0.3, -0.25) is 19.3 Å². The maximum atomic E-state index is 12.7. The Hall–Kier alpha value is -3.06. The maximum absolute atomic E-state index is 12.7. The summed E-state index contributed by atoms with van der Waals surface area (Å²) >= 11 is 1.46. The lowest BCUT2D eigenvalue weighted by Gasteiger charge is -2.14. The fourth-order valence-electron chi connectivity index (χ4n) is 3.28. The zero-order valence-electron chi connectivity index (χ0n) is 15.9.